The lowest BCUT2D eigenvalue weighted by Crippen LogP contribution is -2.70. The summed E-state index contributed by atoms with van der Waals surface area (Å²) in [6.45, 7) is 4.27. The van der Waals surface area contributed by atoms with Crippen LogP contribution < -0.4 is 0 Å². The molecule has 0 aliphatic carbocycles. The molecule has 1 heterocycles. The second kappa shape index (κ2) is 7.04. The van der Waals surface area contributed by atoms with E-state index in [0.29, 0.717) is 0 Å². The van der Waals surface area contributed by atoms with E-state index in [1.807, 2.05) is 0 Å². The third-order valence-electron chi connectivity index (χ3n) is 4.56. The fourth-order valence-electron chi connectivity index (χ4n) is 2.58. The van der Waals surface area contributed by atoms with Gasteiger partial charge in [0.1, 0.15) is 6.10 Å². The molecule has 30 heavy (non-hydrogen) atoms. The van der Waals surface area contributed by atoms with Crippen LogP contribution in [0.2, 0.25) is 0 Å². The predicted octanol–water partition coefficient (Wildman–Crippen LogP) is 6.09. The fraction of sp³-hybridized carbons (Fsp3) is 0.933. The van der Waals surface area contributed by atoms with E-state index >= 15 is 0 Å². The summed E-state index contributed by atoms with van der Waals surface area (Å²) in [5.74, 6) is -41.0. The molecule has 0 spiro atoms. The maximum Gasteiger partial charge on any atom is 0.460 e. The topological polar surface area (TPSA) is 26.3 Å². The molecule has 0 radical (unpaired) electrons. The minimum atomic E-state index is -7.95. The Balaban J connectivity index is 3.29. The van der Waals surface area contributed by atoms with E-state index in [4.69, 9.17) is 0 Å². The van der Waals surface area contributed by atoms with Crippen molar-refractivity contribution in [3.63, 3.8) is 0 Å². The number of alkyl halides is 13. The Labute approximate surface area is 160 Å². The maximum atomic E-state index is 13.9. The molecule has 1 saturated heterocycles. The van der Waals surface area contributed by atoms with E-state index in [0.717, 1.165) is 0 Å². The normalized spacial score (nSPS) is 23.0. The number of ether oxygens (including phenoxy) is 1. The predicted molar refractivity (Wildman–Crippen MR) is 72.8 cm³/mol. The van der Waals surface area contributed by atoms with Crippen molar-refractivity contribution in [2.24, 2.45) is 11.3 Å². The average Bonchev–Trinajstić information content (AvgIpc) is 2.85. The standard InChI is InChI=1S/C15H15F13O2/c1-9(2,3)7-4-6(8(29)30-7)5-10(16,17)11(18,19)12(20,21)13(22,23)14(24,25)15(26,27)28/h6-7H,4-5H2,1-3H3/t6-,7-/m0/s1. The first-order chi connectivity index (χ1) is 12.8. The van der Waals surface area contributed by atoms with Gasteiger partial charge in [0, 0.05) is 6.42 Å². The van der Waals surface area contributed by atoms with Gasteiger partial charge in [0.15, 0.2) is 0 Å². The van der Waals surface area contributed by atoms with Crippen LogP contribution in [0.15, 0.2) is 0 Å². The fourth-order valence-corrected chi connectivity index (χ4v) is 2.58. The summed E-state index contributed by atoms with van der Waals surface area (Å²) in [4.78, 5) is 11.6. The number of hydrogen-bond donors (Lipinski definition) is 0. The minimum absolute atomic E-state index is 0.728. The van der Waals surface area contributed by atoms with Crippen LogP contribution in [-0.4, -0.2) is 47.9 Å². The summed E-state index contributed by atoms with van der Waals surface area (Å²) in [7, 11) is 0. The van der Waals surface area contributed by atoms with Crippen LogP contribution in [0.5, 0.6) is 0 Å². The molecule has 0 unspecified atom stereocenters. The molecule has 2 atom stereocenters. The largest absolute Gasteiger partial charge is 0.462 e. The van der Waals surface area contributed by atoms with Crippen LogP contribution in [-0.2, 0) is 9.53 Å². The van der Waals surface area contributed by atoms with E-state index in [9.17, 15) is 61.9 Å². The van der Waals surface area contributed by atoms with Gasteiger partial charge in [-0.3, -0.25) is 4.79 Å². The first-order valence-corrected chi connectivity index (χ1v) is 8.01. The highest BCUT2D eigenvalue weighted by Crippen LogP contribution is 2.61. The molecule has 0 aromatic carbocycles. The lowest BCUT2D eigenvalue weighted by Gasteiger charge is -2.40. The highest BCUT2D eigenvalue weighted by Gasteiger charge is 2.90. The molecule has 178 valence electrons. The van der Waals surface area contributed by atoms with Crippen molar-refractivity contribution in [3.05, 3.63) is 0 Å². The molecular weight excluding hydrogens is 459 g/mol. The van der Waals surface area contributed by atoms with Gasteiger partial charge in [0.05, 0.1) is 5.92 Å². The van der Waals surface area contributed by atoms with Crippen LogP contribution in [0.25, 0.3) is 0 Å². The van der Waals surface area contributed by atoms with Crippen molar-refractivity contribution in [3.8, 4) is 0 Å². The molecule has 1 aliphatic heterocycles. The van der Waals surface area contributed by atoms with Gasteiger partial charge < -0.3 is 4.74 Å². The van der Waals surface area contributed by atoms with Gasteiger partial charge >= 0.3 is 41.8 Å². The van der Waals surface area contributed by atoms with Gasteiger partial charge in [-0.05, 0) is 11.8 Å². The number of rotatable bonds is 6. The third-order valence-corrected chi connectivity index (χ3v) is 4.56. The van der Waals surface area contributed by atoms with Crippen LogP contribution in [0.1, 0.15) is 33.6 Å². The van der Waals surface area contributed by atoms with Crippen LogP contribution in [0, 0.1) is 11.3 Å². The maximum absolute atomic E-state index is 13.9. The van der Waals surface area contributed by atoms with Crippen LogP contribution >= 0.6 is 0 Å². The number of carbonyl (C=O) groups is 1. The first kappa shape index (κ1) is 26.6. The smallest absolute Gasteiger partial charge is 0.460 e. The molecule has 0 aromatic rings. The van der Waals surface area contributed by atoms with Gasteiger partial charge in [-0.15, -0.1) is 0 Å². The van der Waals surface area contributed by atoms with Crippen molar-refractivity contribution in [2.75, 3.05) is 0 Å². The summed E-state index contributed by atoms with van der Waals surface area (Å²) in [6.07, 6.45) is -11.9. The zero-order chi connectivity index (χ0) is 24.4. The summed E-state index contributed by atoms with van der Waals surface area (Å²) < 4.78 is 175. The number of esters is 1. The zero-order valence-corrected chi connectivity index (χ0v) is 15.3. The van der Waals surface area contributed by atoms with E-state index < -0.39 is 72.0 Å². The number of halogens is 13. The highest BCUT2D eigenvalue weighted by atomic mass is 19.4. The Hall–Kier alpha value is -1.44. The molecule has 0 aromatic heterocycles. The van der Waals surface area contributed by atoms with Crippen molar-refractivity contribution in [2.45, 2.75) is 75.5 Å². The Kier molecular flexibility index (Phi) is 6.24. The molecule has 15 heteroatoms. The summed E-state index contributed by atoms with van der Waals surface area (Å²) in [6, 6.07) is 0. The summed E-state index contributed by atoms with van der Waals surface area (Å²) >= 11 is 0. The molecule has 0 amide bonds. The van der Waals surface area contributed by atoms with Gasteiger partial charge in [-0.2, -0.15) is 57.1 Å². The Bertz CT molecular complexity index is 660. The summed E-state index contributed by atoms with van der Waals surface area (Å²) in [5.41, 5.74) is -0.923. The van der Waals surface area contributed by atoms with Crippen LogP contribution in [0.4, 0.5) is 57.1 Å². The Morgan fingerprint density at radius 2 is 1.13 bits per heavy atom. The quantitative estimate of drug-likeness (QED) is 0.344. The third kappa shape index (κ3) is 3.92. The van der Waals surface area contributed by atoms with E-state index in [1.165, 1.54) is 20.8 Å². The molecule has 2 nitrogen and oxygen atoms in total. The molecule has 0 N–H and O–H groups in total. The van der Waals surface area contributed by atoms with E-state index in [2.05, 4.69) is 4.74 Å². The van der Waals surface area contributed by atoms with E-state index in [-0.39, 0.29) is 0 Å². The van der Waals surface area contributed by atoms with Crippen molar-refractivity contribution in [1.82, 2.24) is 0 Å². The van der Waals surface area contributed by atoms with Crippen molar-refractivity contribution < 1.29 is 66.6 Å². The van der Waals surface area contributed by atoms with Gasteiger partial charge in [0.2, 0.25) is 0 Å². The Morgan fingerprint density at radius 3 is 1.47 bits per heavy atom. The zero-order valence-electron chi connectivity index (χ0n) is 15.3. The Morgan fingerprint density at radius 1 is 0.733 bits per heavy atom. The van der Waals surface area contributed by atoms with Crippen molar-refractivity contribution >= 4 is 5.97 Å². The van der Waals surface area contributed by atoms with Gasteiger partial charge in [-0.25, -0.2) is 0 Å². The molecule has 0 bridgehead atoms. The molecule has 1 rings (SSSR count). The molecule has 1 fully saturated rings. The second-order valence-corrected chi connectivity index (χ2v) is 7.93. The first-order valence-electron chi connectivity index (χ1n) is 8.01. The highest BCUT2D eigenvalue weighted by molar-refractivity contribution is 5.74. The second-order valence-electron chi connectivity index (χ2n) is 7.93. The molecule has 0 saturated carbocycles. The monoisotopic (exact) mass is 474 g/mol. The van der Waals surface area contributed by atoms with Crippen LogP contribution in [0.3, 0.4) is 0 Å². The van der Waals surface area contributed by atoms with Gasteiger partial charge in [-0.1, -0.05) is 20.8 Å². The lowest BCUT2D eigenvalue weighted by atomic mass is 9.82. The van der Waals surface area contributed by atoms with E-state index in [1.54, 1.807) is 0 Å². The number of cyclic esters (lactones) is 1. The van der Waals surface area contributed by atoms with Crippen molar-refractivity contribution in [1.29, 1.82) is 0 Å². The summed E-state index contributed by atoms with van der Waals surface area (Å²) in [5, 5.41) is 0. The number of hydrogen-bond acceptors (Lipinski definition) is 2. The molecule has 1 aliphatic rings. The SMILES string of the molecule is CC(C)(C)[C@@H]1C[C@@H](CC(F)(F)C(F)(F)C(F)(F)C(F)(F)C(F)(F)C(F)(F)F)C(=O)O1. The average molecular weight is 474 g/mol. The number of carbonyl (C=O) groups excluding carboxylic acids is 1. The molecular formula is C15H15F13O2. The van der Waals surface area contributed by atoms with Gasteiger partial charge in [0.25, 0.3) is 0 Å². The lowest BCUT2D eigenvalue weighted by molar-refractivity contribution is -0.440. The minimum Gasteiger partial charge on any atom is -0.462 e.